The van der Waals surface area contributed by atoms with E-state index in [2.05, 4.69) is 31.2 Å². The molecule has 0 N–H and O–H groups in total. The molecule has 0 bridgehead atoms. The van der Waals surface area contributed by atoms with E-state index >= 15 is 0 Å². The summed E-state index contributed by atoms with van der Waals surface area (Å²) in [5.41, 5.74) is 3.48. The van der Waals surface area contributed by atoms with Crippen LogP contribution in [0.5, 0.6) is 0 Å². The Labute approximate surface area is 84.8 Å². The van der Waals surface area contributed by atoms with Crippen molar-refractivity contribution in [3.05, 3.63) is 53.1 Å². The molecule has 72 valence electrons. The lowest BCUT2D eigenvalue weighted by molar-refractivity contribution is -0.104. The Morgan fingerprint density at radius 3 is 2.43 bits per heavy atom. The van der Waals surface area contributed by atoms with Gasteiger partial charge in [-0.3, -0.25) is 4.79 Å². The molecule has 0 aliphatic carbocycles. The summed E-state index contributed by atoms with van der Waals surface area (Å²) in [7, 11) is 0. The van der Waals surface area contributed by atoms with E-state index in [0.717, 1.165) is 17.4 Å². The number of allylic oxidation sites excluding steroid dienone is 3. The van der Waals surface area contributed by atoms with Gasteiger partial charge in [0.15, 0.2) is 0 Å². The molecular weight excluding hydrogens is 172 g/mol. The fourth-order valence-corrected chi connectivity index (χ4v) is 1.16. The van der Waals surface area contributed by atoms with Gasteiger partial charge < -0.3 is 0 Å². The molecule has 0 aliphatic heterocycles. The predicted molar refractivity (Wildman–Crippen MR) is 60.0 cm³/mol. The third-order valence-corrected chi connectivity index (χ3v) is 1.91. The molecule has 0 unspecified atom stereocenters. The van der Waals surface area contributed by atoms with Crippen molar-refractivity contribution < 1.29 is 4.79 Å². The summed E-state index contributed by atoms with van der Waals surface area (Å²) in [5.74, 6) is 0. The molecule has 0 heterocycles. The Kier molecular flexibility index (Phi) is 3.86. The Hall–Kier alpha value is -1.63. The maximum atomic E-state index is 10.1. The number of benzene rings is 1. The molecule has 1 aromatic carbocycles. The number of aldehydes is 1. The molecule has 0 aromatic heterocycles. The Morgan fingerprint density at radius 2 is 1.86 bits per heavy atom. The van der Waals surface area contributed by atoms with Crippen molar-refractivity contribution in [2.75, 3.05) is 0 Å². The zero-order valence-electron chi connectivity index (χ0n) is 8.53. The van der Waals surface area contributed by atoms with Crippen molar-refractivity contribution in [1.29, 1.82) is 0 Å². The van der Waals surface area contributed by atoms with Crippen molar-refractivity contribution in [3.63, 3.8) is 0 Å². The van der Waals surface area contributed by atoms with Crippen molar-refractivity contribution in [2.45, 2.75) is 13.8 Å². The number of carbonyl (C=O) groups is 1. The molecule has 0 radical (unpaired) electrons. The second-order valence-corrected chi connectivity index (χ2v) is 3.29. The fraction of sp³-hybridized carbons (Fsp3) is 0.154. The van der Waals surface area contributed by atoms with Crippen molar-refractivity contribution in [2.24, 2.45) is 0 Å². The lowest BCUT2D eigenvalue weighted by Gasteiger charge is -1.96. The van der Waals surface area contributed by atoms with Crippen molar-refractivity contribution >= 4 is 12.4 Å². The number of aryl methyl sites for hydroxylation is 1. The molecule has 0 aliphatic rings. The van der Waals surface area contributed by atoms with Crippen molar-refractivity contribution in [3.8, 4) is 0 Å². The van der Waals surface area contributed by atoms with Crippen LogP contribution in [0.3, 0.4) is 0 Å². The first kappa shape index (κ1) is 10.5. The predicted octanol–water partition coefficient (Wildman–Crippen LogP) is 3.15. The molecule has 1 heteroatoms. The molecule has 0 amide bonds. The minimum atomic E-state index is 0.784. The van der Waals surface area contributed by atoms with Gasteiger partial charge in [-0.1, -0.05) is 47.6 Å². The van der Waals surface area contributed by atoms with E-state index in [1.54, 1.807) is 6.08 Å². The average Bonchev–Trinajstić information content (AvgIpc) is 2.18. The molecule has 0 spiro atoms. The number of carbonyl (C=O) groups excluding carboxylic acids is 1. The second kappa shape index (κ2) is 5.18. The summed E-state index contributed by atoms with van der Waals surface area (Å²) in [4.78, 5) is 10.1. The van der Waals surface area contributed by atoms with Crippen molar-refractivity contribution in [1.82, 2.24) is 0 Å². The number of hydrogen-bond donors (Lipinski definition) is 0. The topological polar surface area (TPSA) is 17.1 Å². The summed E-state index contributed by atoms with van der Waals surface area (Å²) in [6.45, 7) is 4.03. The van der Waals surface area contributed by atoms with Gasteiger partial charge in [-0.05, 0) is 25.5 Å². The number of rotatable bonds is 3. The normalized spacial score (nSPS) is 12.0. The van der Waals surface area contributed by atoms with Gasteiger partial charge in [-0.2, -0.15) is 0 Å². The summed E-state index contributed by atoms with van der Waals surface area (Å²) >= 11 is 0. The average molecular weight is 186 g/mol. The first-order valence-electron chi connectivity index (χ1n) is 4.59. The Morgan fingerprint density at radius 1 is 1.21 bits per heavy atom. The molecule has 0 fully saturated rings. The molecule has 0 saturated carbocycles. The highest BCUT2D eigenvalue weighted by Gasteiger charge is 1.87. The van der Waals surface area contributed by atoms with Crippen LogP contribution in [0.4, 0.5) is 0 Å². The quantitative estimate of drug-likeness (QED) is 0.402. The highest BCUT2D eigenvalue weighted by molar-refractivity contribution is 5.67. The zero-order chi connectivity index (χ0) is 10.4. The van der Waals surface area contributed by atoms with Crippen LogP contribution in [-0.4, -0.2) is 6.29 Å². The van der Waals surface area contributed by atoms with Crippen LogP contribution in [0.25, 0.3) is 6.08 Å². The minimum absolute atomic E-state index is 0.784. The third kappa shape index (κ3) is 3.40. The lowest BCUT2D eigenvalue weighted by Crippen LogP contribution is -1.75. The van der Waals surface area contributed by atoms with Crippen LogP contribution in [0, 0.1) is 6.92 Å². The van der Waals surface area contributed by atoms with E-state index in [-0.39, 0.29) is 0 Å². The van der Waals surface area contributed by atoms with E-state index < -0.39 is 0 Å². The standard InChI is InChI=1S/C13H14O/c1-11-5-7-13(8-6-11)10-12(2)4-3-9-14/h3-10H,1-2H3/b4-3-,12-10-. The van der Waals surface area contributed by atoms with Gasteiger partial charge in [0, 0.05) is 0 Å². The minimum Gasteiger partial charge on any atom is -0.299 e. The van der Waals surface area contributed by atoms with E-state index in [1.807, 2.05) is 13.0 Å². The molecule has 0 saturated heterocycles. The smallest absolute Gasteiger partial charge is 0.142 e. The van der Waals surface area contributed by atoms with Gasteiger partial charge in [-0.15, -0.1) is 0 Å². The summed E-state index contributed by atoms with van der Waals surface area (Å²) in [6.07, 6.45) is 6.12. The highest BCUT2D eigenvalue weighted by Crippen LogP contribution is 2.08. The molecule has 14 heavy (non-hydrogen) atoms. The first-order valence-corrected chi connectivity index (χ1v) is 4.59. The van der Waals surface area contributed by atoms with Crippen LogP contribution < -0.4 is 0 Å². The van der Waals surface area contributed by atoms with E-state index in [9.17, 15) is 4.79 Å². The number of hydrogen-bond acceptors (Lipinski definition) is 1. The monoisotopic (exact) mass is 186 g/mol. The summed E-state index contributed by atoms with van der Waals surface area (Å²) < 4.78 is 0. The Bertz CT molecular complexity index is 355. The molecule has 1 nitrogen and oxygen atoms in total. The van der Waals surface area contributed by atoms with Crippen LogP contribution in [0.15, 0.2) is 42.0 Å². The SMILES string of the molecule is CC(/C=C\C=O)=C/c1ccc(C)cc1. The lowest BCUT2D eigenvalue weighted by atomic mass is 10.1. The maximum absolute atomic E-state index is 10.1. The van der Waals surface area contributed by atoms with Gasteiger partial charge >= 0.3 is 0 Å². The Balaban J connectivity index is 2.81. The second-order valence-electron chi connectivity index (χ2n) is 3.29. The maximum Gasteiger partial charge on any atom is 0.142 e. The molecule has 0 atom stereocenters. The largest absolute Gasteiger partial charge is 0.299 e. The van der Waals surface area contributed by atoms with Gasteiger partial charge in [0.2, 0.25) is 0 Å². The third-order valence-electron chi connectivity index (χ3n) is 1.91. The van der Waals surface area contributed by atoms with Crippen LogP contribution in [0.2, 0.25) is 0 Å². The van der Waals surface area contributed by atoms with Gasteiger partial charge in [-0.25, -0.2) is 0 Å². The van der Waals surface area contributed by atoms with Crippen LogP contribution in [-0.2, 0) is 4.79 Å². The molecular formula is C13H14O. The zero-order valence-corrected chi connectivity index (χ0v) is 8.53. The van der Waals surface area contributed by atoms with Gasteiger partial charge in [0.05, 0.1) is 0 Å². The molecule has 1 aromatic rings. The summed E-state index contributed by atoms with van der Waals surface area (Å²) in [6, 6.07) is 8.27. The van der Waals surface area contributed by atoms with Crippen LogP contribution >= 0.6 is 0 Å². The van der Waals surface area contributed by atoms with Gasteiger partial charge in [0.1, 0.15) is 6.29 Å². The highest BCUT2D eigenvalue weighted by atomic mass is 16.1. The van der Waals surface area contributed by atoms with E-state index in [1.165, 1.54) is 11.6 Å². The van der Waals surface area contributed by atoms with E-state index in [4.69, 9.17) is 0 Å². The van der Waals surface area contributed by atoms with Gasteiger partial charge in [0.25, 0.3) is 0 Å². The first-order chi connectivity index (χ1) is 6.72. The molecule has 1 rings (SSSR count). The van der Waals surface area contributed by atoms with Crippen LogP contribution in [0.1, 0.15) is 18.1 Å². The summed E-state index contributed by atoms with van der Waals surface area (Å²) in [5, 5.41) is 0. The fourth-order valence-electron chi connectivity index (χ4n) is 1.16. The van der Waals surface area contributed by atoms with E-state index in [0.29, 0.717) is 0 Å².